The Hall–Kier alpha value is -2.73. The third kappa shape index (κ3) is 16.0. The Morgan fingerprint density at radius 3 is 2.06 bits per heavy atom. The van der Waals surface area contributed by atoms with E-state index in [1.54, 1.807) is 6.26 Å². The summed E-state index contributed by atoms with van der Waals surface area (Å²) >= 11 is 4.63. The Balaban J connectivity index is 0. The summed E-state index contributed by atoms with van der Waals surface area (Å²) in [4.78, 5) is 58.6. The lowest BCUT2D eigenvalue weighted by Gasteiger charge is -2.19. The number of primary amides is 1. The first kappa shape index (κ1) is 33.4. The highest BCUT2D eigenvalue weighted by Gasteiger charge is 2.22. The molecule has 5 amide bonds. The van der Waals surface area contributed by atoms with Crippen LogP contribution in [0.4, 0.5) is 0 Å². The lowest BCUT2D eigenvalue weighted by Crippen LogP contribution is -2.50. The van der Waals surface area contributed by atoms with Crippen molar-refractivity contribution in [2.45, 2.75) is 39.3 Å². The Bertz CT molecular complexity index is 765. The van der Waals surface area contributed by atoms with E-state index in [1.807, 2.05) is 44.2 Å². The van der Waals surface area contributed by atoms with Crippen molar-refractivity contribution in [1.82, 2.24) is 21.3 Å². The quantitative estimate of drug-likeness (QED) is 0.213. The lowest BCUT2D eigenvalue weighted by atomic mass is 10.1. The molecular weight excluding hydrogens is 478 g/mol. The van der Waals surface area contributed by atoms with Crippen LogP contribution in [-0.4, -0.2) is 73.0 Å². The number of hydrogen-bond donors (Lipinski definition) is 6. The highest BCUT2D eigenvalue weighted by Crippen LogP contribution is 2.06. The molecule has 0 aliphatic rings. The van der Waals surface area contributed by atoms with Crippen LogP contribution in [-0.2, 0) is 30.4 Å². The van der Waals surface area contributed by atoms with E-state index >= 15 is 0 Å². The molecule has 0 heterocycles. The van der Waals surface area contributed by atoms with Gasteiger partial charge in [-0.15, -0.1) is 11.8 Å². The molecule has 1 aromatic rings. The molecule has 0 aliphatic heterocycles. The van der Waals surface area contributed by atoms with Crippen LogP contribution in [0.3, 0.4) is 0 Å². The number of nitrogens with two attached hydrogens (primary N) is 1. The number of carbonyl (C=O) groups is 5. The number of likely N-dealkylation sites (N-methyl/N-ethyl adjacent to an activating group) is 1. The molecule has 1 aromatic carbocycles. The summed E-state index contributed by atoms with van der Waals surface area (Å²) in [5.74, 6) is -2.35. The Morgan fingerprint density at radius 1 is 0.971 bits per heavy atom. The summed E-state index contributed by atoms with van der Waals surface area (Å²) in [5, 5.41) is 9.98. The van der Waals surface area contributed by atoms with Crippen molar-refractivity contribution < 1.29 is 24.0 Å². The minimum absolute atomic E-state index is 0.0263. The molecule has 0 aromatic heterocycles. The Labute approximate surface area is 211 Å². The molecule has 0 saturated heterocycles. The summed E-state index contributed by atoms with van der Waals surface area (Å²) in [6.07, 6.45) is 2.03. The van der Waals surface area contributed by atoms with Crippen molar-refractivity contribution in [2.75, 3.05) is 31.4 Å². The van der Waals surface area contributed by atoms with Gasteiger partial charge in [-0.05, 0) is 11.8 Å². The predicted octanol–water partition coefficient (Wildman–Crippen LogP) is -0.128. The van der Waals surface area contributed by atoms with Gasteiger partial charge in [0.05, 0.1) is 12.3 Å². The highest BCUT2D eigenvalue weighted by molar-refractivity contribution is 8.00. The minimum atomic E-state index is -0.932. The van der Waals surface area contributed by atoms with Crippen LogP contribution in [0.15, 0.2) is 30.3 Å². The first-order chi connectivity index (χ1) is 16.2. The second-order valence-electron chi connectivity index (χ2n) is 6.38. The van der Waals surface area contributed by atoms with Crippen molar-refractivity contribution >= 4 is 53.9 Å². The smallest absolute Gasteiger partial charge is 0.243 e. The van der Waals surface area contributed by atoms with E-state index in [0.717, 1.165) is 17.3 Å². The van der Waals surface area contributed by atoms with Crippen LogP contribution in [0, 0.1) is 0 Å². The number of nitrogens with one attached hydrogen (secondary N) is 4. The number of thiol groups is 1. The van der Waals surface area contributed by atoms with E-state index in [4.69, 9.17) is 5.73 Å². The largest absolute Gasteiger partial charge is 0.368 e. The molecular formula is C22H37N5O5S2. The van der Waals surface area contributed by atoms with Gasteiger partial charge in [-0.1, -0.05) is 44.2 Å². The second-order valence-corrected chi connectivity index (χ2v) is 7.41. The Kier molecular flexibility index (Phi) is 20.5. The standard InChI is InChI=1S/C19H27N5O5S.C2H6.CH4S/c1-12(25)23-15(19(29)22-9-16(20)26)10-30-11-17(27)24-14(18(28)21-2)8-13-6-4-3-5-7-13;2*1-2/h3-7,14-15H,8-11H2,1-2H3,(H2,20,26)(H,21,28)(H,22,29)(H,23,25)(H,24,27);1-2H3;2H,1H3/t14?,15-;;/m0../s1. The van der Waals surface area contributed by atoms with Crippen LogP contribution in [0.25, 0.3) is 0 Å². The van der Waals surface area contributed by atoms with Crippen molar-refractivity contribution in [1.29, 1.82) is 0 Å². The number of amides is 5. The number of thioether (sulfide) groups is 1. The third-order valence-corrected chi connectivity index (χ3v) is 4.86. The molecule has 1 rings (SSSR count). The van der Waals surface area contributed by atoms with Crippen LogP contribution in [0.1, 0.15) is 26.3 Å². The maximum absolute atomic E-state index is 12.3. The van der Waals surface area contributed by atoms with E-state index in [1.165, 1.54) is 14.0 Å². The topological polar surface area (TPSA) is 159 Å². The normalized spacial score (nSPS) is 11.1. The monoisotopic (exact) mass is 515 g/mol. The fourth-order valence-electron chi connectivity index (χ4n) is 2.46. The zero-order valence-electron chi connectivity index (χ0n) is 20.3. The van der Waals surface area contributed by atoms with E-state index < -0.39 is 29.8 Å². The van der Waals surface area contributed by atoms with E-state index in [-0.39, 0.29) is 29.9 Å². The van der Waals surface area contributed by atoms with Gasteiger partial charge in [0, 0.05) is 26.1 Å². The first-order valence-corrected chi connectivity index (χ1v) is 12.7. The summed E-state index contributed by atoms with van der Waals surface area (Å²) < 4.78 is 0. The molecule has 10 nitrogen and oxygen atoms in total. The lowest BCUT2D eigenvalue weighted by molar-refractivity contribution is -0.128. The van der Waals surface area contributed by atoms with Crippen molar-refractivity contribution in [2.24, 2.45) is 5.73 Å². The van der Waals surface area contributed by atoms with Crippen LogP contribution in [0.2, 0.25) is 0 Å². The molecule has 0 fully saturated rings. The number of hydrogen-bond acceptors (Lipinski definition) is 7. The average molecular weight is 516 g/mol. The summed E-state index contributed by atoms with van der Waals surface area (Å²) in [6.45, 7) is 4.90. The van der Waals surface area contributed by atoms with Gasteiger partial charge in [0.15, 0.2) is 0 Å². The van der Waals surface area contributed by atoms with Gasteiger partial charge in [-0.2, -0.15) is 12.6 Å². The molecule has 1 unspecified atom stereocenters. The molecule has 6 N–H and O–H groups in total. The summed E-state index contributed by atoms with van der Waals surface area (Å²) in [6, 6.07) is 7.60. The molecule has 0 aliphatic carbocycles. The van der Waals surface area contributed by atoms with E-state index in [0.29, 0.717) is 6.42 Å². The van der Waals surface area contributed by atoms with E-state index in [2.05, 4.69) is 33.9 Å². The fourth-order valence-corrected chi connectivity index (χ4v) is 3.32. The summed E-state index contributed by atoms with van der Waals surface area (Å²) in [7, 11) is 1.49. The number of carbonyl (C=O) groups excluding carboxylic acids is 5. The van der Waals surface area contributed by atoms with Crippen LogP contribution in [0.5, 0.6) is 0 Å². The zero-order valence-corrected chi connectivity index (χ0v) is 22.1. The van der Waals surface area contributed by atoms with Crippen molar-refractivity contribution in [3.63, 3.8) is 0 Å². The van der Waals surface area contributed by atoms with Gasteiger partial charge in [0.25, 0.3) is 0 Å². The Morgan fingerprint density at radius 2 is 1.56 bits per heavy atom. The molecule has 2 atom stereocenters. The molecule has 0 radical (unpaired) electrons. The SMILES string of the molecule is CC.CNC(=O)C(Cc1ccccc1)NC(=O)CSC[C@H](NC(C)=O)C(=O)NCC(N)=O.CS. The van der Waals surface area contributed by atoms with Gasteiger partial charge in [0.1, 0.15) is 12.1 Å². The van der Waals surface area contributed by atoms with Gasteiger partial charge in [0.2, 0.25) is 29.5 Å². The maximum Gasteiger partial charge on any atom is 0.243 e. The molecule has 0 saturated carbocycles. The van der Waals surface area contributed by atoms with Gasteiger partial charge in [-0.3, -0.25) is 24.0 Å². The average Bonchev–Trinajstić information content (AvgIpc) is 2.83. The fraction of sp³-hybridized carbons (Fsp3) is 0.500. The molecule has 0 spiro atoms. The molecule has 34 heavy (non-hydrogen) atoms. The number of rotatable bonds is 12. The van der Waals surface area contributed by atoms with Crippen LogP contribution < -0.4 is 27.0 Å². The summed E-state index contributed by atoms with van der Waals surface area (Å²) in [5.41, 5.74) is 5.89. The third-order valence-electron chi connectivity index (χ3n) is 3.83. The van der Waals surface area contributed by atoms with Crippen LogP contribution >= 0.6 is 24.4 Å². The minimum Gasteiger partial charge on any atom is -0.368 e. The second kappa shape index (κ2) is 20.8. The van der Waals surface area contributed by atoms with Crippen molar-refractivity contribution in [3.05, 3.63) is 35.9 Å². The van der Waals surface area contributed by atoms with E-state index in [9.17, 15) is 24.0 Å². The van der Waals surface area contributed by atoms with Gasteiger partial charge in [-0.25, -0.2) is 0 Å². The van der Waals surface area contributed by atoms with Gasteiger partial charge >= 0.3 is 0 Å². The number of benzene rings is 1. The zero-order chi connectivity index (χ0) is 26.5. The molecule has 12 heteroatoms. The maximum atomic E-state index is 12.3. The first-order valence-electron chi connectivity index (χ1n) is 10.6. The highest BCUT2D eigenvalue weighted by atomic mass is 32.2. The van der Waals surface area contributed by atoms with Gasteiger partial charge < -0.3 is 27.0 Å². The van der Waals surface area contributed by atoms with Crippen molar-refractivity contribution in [3.8, 4) is 0 Å². The molecule has 0 bridgehead atoms. The molecule has 192 valence electrons. The predicted molar refractivity (Wildman–Crippen MR) is 140 cm³/mol.